The first-order chi connectivity index (χ1) is 14.3. The Kier molecular flexibility index (Phi) is 6.26. The molecular formula is C22H30N7O+. The highest BCUT2D eigenvalue weighted by molar-refractivity contribution is 5.97. The van der Waals surface area contributed by atoms with Gasteiger partial charge < -0.3 is 9.88 Å². The summed E-state index contributed by atoms with van der Waals surface area (Å²) in [6, 6.07) is 9.24. The molecule has 3 rings (SSSR count). The van der Waals surface area contributed by atoms with Crippen molar-refractivity contribution in [2.24, 2.45) is 10.3 Å². The van der Waals surface area contributed by atoms with Crippen LogP contribution in [0.5, 0.6) is 0 Å². The summed E-state index contributed by atoms with van der Waals surface area (Å²) in [6.45, 7) is 10.8. The van der Waals surface area contributed by atoms with Gasteiger partial charge in [-0.2, -0.15) is 5.53 Å². The fourth-order valence-corrected chi connectivity index (χ4v) is 3.75. The number of carbonyl (C=O) groups is 1. The smallest absolute Gasteiger partial charge is 0.278 e. The highest BCUT2D eigenvalue weighted by atomic mass is 16.1. The number of hydrogen-bond donors (Lipinski definition) is 3. The van der Waals surface area contributed by atoms with E-state index in [-0.39, 0.29) is 5.91 Å². The molecule has 2 aromatic rings. The molecule has 1 aliphatic rings. The number of amides is 1. The van der Waals surface area contributed by atoms with E-state index in [1.165, 1.54) is 0 Å². The number of nitrogens with one attached hydrogen (secondary N) is 2. The van der Waals surface area contributed by atoms with Gasteiger partial charge in [-0.25, -0.2) is 4.98 Å². The molecule has 158 valence electrons. The monoisotopic (exact) mass is 408 g/mol. The van der Waals surface area contributed by atoms with Crippen molar-refractivity contribution in [1.29, 1.82) is 5.53 Å². The van der Waals surface area contributed by atoms with Crippen LogP contribution in [0, 0.1) is 5.53 Å². The van der Waals surface area contributed by atoms with Crippen LogP contribution in [0.25, 0.3) is 5.57 Å². The van der Waals surface area contributed by atoms with E-state index in [2.05, 4.69) is 34.1 Å². The van der Waals surface area contributed by atoms with Gasteiger partial charge in [-0.15, -0.1) is 0 Å². The standard InChI is InChI=1S/C22H29N7O/c1-6-10-17-25-18-19(14(2)15(3)24-20(18)27-28-23)29(17)13-22(4,5)26-21(30)16-11-8-7-9-12-16/h7-9,11-12H,6,10,13H2,1-5H3,(H,26,30)(H2,23,24,27)/p+1. The Morgan fingerprint density at radius 2 is 1.97 bits per heavy atom. The Bertz CT molecular complexity index is 1020. The second-order valence-corrected chi connectivity index (χ2v) is 8.30. The molecule has 0 saturated heterocycles. The molecule has 1 aromatic carbocycles. The van der Waals surface area contributed by atoms with E-state index in [0.717, 1.165) is 41.3 Å². The Balaban J connectivity index is 2.00. The van der Waals surface area contributed by atoms with Crippen molar-refractivity contribution in [1.82, 2.24) is 14.9 Å². The summed E-state index contributed by atoms with van der Waals surface area (Å²) in [5, 5.41) is 12.3. The number of nitrogens with two attached hydrogens (primary N) is 1. The molecule has 0 atom stereocenters. The van der Waals surface area contributed by atoms with Gasteiger partial charge in [-0.1, -0.05) is 30.2 Å². The van der Waals surface area contributed by atoms with E-state index in [9.17, 15) is 4.79 Å². The number of aromatic nitrogens is 2. The van der Waals surface area contributed by atoms with E-state index in [4.69, 9.17) is 10.5 Å². The van der Waals surface area contributed by atoms with E-state index < -0.39 is 5.54 Å². The Morgan fingerprint density at radius 1 is 1.27 bits per heavy atom. The van der Waals surface area contributed by atoms with Crippen LogP contribution in [0.3, 0.4) is 0 Å². The third kappa shape index (κ3) is 4.38. The molecular weight excluding hydrogens is 378 g/mol. The zero-order chi connectivity index (χ0) is 21.9. The molecule has 8 heteroatoms. The molecule has 0 saturated carbocycles. The van der Waals surface area contributed by atoms with Crippen molar-refractivity contribution in [2.45, 2.75) is 59.5 Å². The molecule has 0 radical (unpaired) electrons. The van der Waals surface area contributed by atoms with Crippen molar-refractivity contribution in [3.63, 3.8) is 0 Å². The van der Waals surface area contributed by atoms with Gasteiger partial charge >= 0.3 is 0 Å². The first-order valence-corrected chi connectivity index (χ1v) is 10.2. The molecule has 0 unspecified atom stereocenters. The van der Waals surface area contributed by atoms with E-state index in [1.807, 2.05) is 56.4 Å². The molecule has 2 heterocycles. The Morgan fingerprint density at radius 3 is 2.60 bits per heavy atom. The maximum absolute atomic E-state index is 12.7. The number of amidine groups is 1. The van der Waals surface area contributed by atoms with Crippen molar-refractivity contribution >= 4 is 17.3 Å². The Hall–Kier alpha value is -3.13. The van der Waals surface area contributed by atoms with E-state index in [0.29, 0.717) is 17.9 Å². The molecule has 0 bridgehead atoms. The number of hydrogen-bond acceptors (Lipinski definition) is 4. The second kappa shape index (κ2) is 8.71. The molecule has 1 amide bonds. The lowest BCUT2D eigenvalue weighted by Gasteiger charge is -2.29. The zero-order valence-electron chi connectivity index (χ0n) is 18.3. The molecule has 0 aliphatic carbocycles. The van der Waals surface area contributed by atoms with Crippen molar-refractivity contribution in [3.05, 3.63) is 58.8 Å². The summed E-state index contributed by atoms with van der Waals surface area (Å²) in [4.78, 5) is 17.6. The average molecular weight is 409 g/mol. The molecule has 8 nitrogen and oxygen atoms in total. The van der Waals surface area contributed by atoms with Gasteiger partial charge in [0.05, 0.1) is 11.2 Å². The number of rotatable bonds is 7. The number of quaternary nitrogens is 1. The minimum atomic E-state index is -0.504. The predicted octanol–water partition coefficient (Wildman–Crippen LogP) is 3.06. The number of imidazole rings is 1. The minimum Gasteiger partial charge on any atom is -0.345 e. The minimum absolute atomic E-state index is 0.0985. The summed E-state index contributed by atoms with van der Waals surface area (Å²) in [7, 11) is 0. The highest BCUT2D eigenvalue weighted by Crippen LogP contribution is 2.27. The lowest BCUT2D eigenvalue weighted by molar-refractivity contribution is -0.483. The van der Waals surface area contributed by atoms with Crippen LogP contribution in [-0.2, 0) is 13.0 Å². The van der Waals surface area contributed by atoms with Crippen LogP contribution >= 0.6 is 0 Å². The lowest BCUT2D eigenvalue weighted by atomic mass is 10.0. The highest BCUT2D eigenvalue weighted by Gasteiger charge is 2.33. The molecule has 1 aromatic heterocycles. The van der Waals surface area contributed by atoms with Crippen LogP contribution in [0.15, 0.2) is 46.4 Å². The third-order valence-electron chi connectivity index (χ3n) is 5.26. The lowest BCUT2D eigenvalue weighted by Crippen LogP contribution is -2.87. The first kappa shape index (κ1) is 21.6. The maximum atomic E-state index is 12.7. The van der Waals surface area contributed by atoms with Gasteiger partial charge in [-0.3, -0.25) is 10.1 Å². The largest absolute Gasteiger partial charge is 0.345 e. The van der Waals surface area contributed by atoms with E-state index in [1.54, 1.807) is 0 Å². The van der Waals surface area contributed by atoms with Crippen molar-refractivity contribution < 1.29 is 10.1 Å². The van der Waals surface area contributed by atoms with Gasteiger partial charge in [0, 0.05) is 31.0 Å². The quantitative estimate of drug-likeness (QED) is 0.483. The number of fused-ring (bicyclic) bond motifs is 1. The molecule has 0 fully saturated rings. The summed E-state index contributed by atoms with van der Waals surface area (Å²) >= 11 is 0. The molecule has 0 spiro atoms. The average Bonchev–Trinajstić information content (AvgIpc) is 3.04. The number of carbonyl (C=O) groups excluding carboxylic acids is 1. The Labute approximate surface area is 177 Å². The fraction of sp³-hybridized carbons (Fsp3) is 0.409. The van der Waals surface area contributed by atoms with Crippen LogP contribution in [0.4, 0.5) is 0 Å². The number of aryl methyl sites for hydroxylation is 1. The summed E-state index contributed by atoms with van der Waals surface area (Å²) in [6.07, 6.45) is 1.76. The fourth-order valence-electron chi connectivity index (χ4n) is 3.75. The zero-order valence-corrected chi connectivity index (χ0v) is 18.3. The first-order valence-electron chi connectivity index (χ1n) is 10.2. The molecule has 1 aliphatic heterocycles. The maximum Gasteiger partial charge on any atom is 0.278 e. The number of nitrogens with zero attached hydrogens (tertiary/aromatic N) is 4. The predicted molar refractivity (Wildman–Crippen MR) is 116 cm³/mol. The van der Waals surface area contributed by atoms with Crippen molar-refractivity contribution in [3.8, 4) is 0 Å². The van der Waals surface area contributed by atoms with Gasteiger partial charge in [0.15, 0.2) is 5.69 Å². The number of allylic oxidation sites excluding steroid dienone is 2. The van der Waals surface area contributed by atoms with Gasteiger partial charge in [0.1, 0.15) is 11.5 Å². The van der Waals surface area contributed by atoms with Crippen LogP contribution in [-0.4, -0.2) is 26.8 Å². The third-order valence-corrected chi connectivity index (χ3v) is 5.26. The van der Waals surface area contributed by atoms with Gasteiger partial charge in [0.2, 0.25) is 0 Å². The molecule has 4 N–H and O–H groups in total. The normalized spacial score (nSPS) is 15.3. The number of benzene rings is 1. The molecule has 30 heavy (non-hydrogen) atoms. The van der Waals surface area contributed by atoms with E-state index >= 15 is 0 Å². The van der Waals surface area contributed by atoms with Crippen LogP contribution in [0.1, 0.15) is 68.6 Å². The second-order valence-electron chi connectivity index (χ2n) is 8.30. The summed E-state index contributed by atoms with van der Waals surface area (Å²) in [5.41, 5.74) is 11.2. The van der Waals surface area contributed by atoms with Gasteiger partial charge in [0.25, 0.3) is 11.7 Å². The van der Waals surface area contributed by atoms with Crippen LogP contribution < -0.4 is 10.6 Å². The van der Waals surface area contributed by atoms with Crippen LogP contribution in [0.2, 0.25) is 0 Å². The topological polar surface area (TPSA) is 112 Å². The summed E-state index contributed by atoms with van der Waals surface area (Å²) < 4.78 is 2.19. The summed E-state index contributed by atoms with van der Waals surface area (Å²) in [5.74, 6) is 1.45. The SMILES string of the molecule is CCCc1nc2c(n1CC(C)(C)NC(=O)c1ccccc1)C(C)=C(C)[NH2+]C2=NN=N. The van der Waals surface area contributed by atoms with Crippen molar-refractivity contribution in [2.75, 3.05) is 0 Å². The van der Waals surface area contributed by atoms with Gasteiger partial charge in [-0.05, 0) is 44.5 Å².